The van der Waals surface area contributed by atoms with Crippen LogP contribution in [0.25, 0.3) is 11.0 Å². The molecule has 4 N–H and O–H groups in total. The molecule has 6 nitrogen and oxygen atoms in total. The van der Waals surface area contributed by atoms with Crippen LogP contribution in [0.1, 0.15) is 5.82 Å². The fourth-order valence-corrected chi connectivity index (χ4v) is 2.71. The van der Waals surface area contributed by atoms with Gasteiger partial charge < -0.3 is 10.3 Å². The Hall–Kier alpha value is -2.45. The SMILES string of the molecule is O=C(Cc1nc2ccccc2[nH]1)NNC(=S)Nc1cccc(Br)c1. The number of nitrogens with zero attached hydrogens (tertiary/aromatic N) is 1. The minimum atomic E-state index is -0.243. The highest BCUT2D eigenvalue weighted by atomic mass is 79.9. The smallest absolute Gasteiger partial charge is 0.245 e. The maximum atomic E-state index is 12.0. The Morgan fingerprint density at radius 2 is 2.00 bits per heavy atom. The van der Waals surface area contributed by atoms with Crippen LogP contribution in [0.15, 0.2) is 53.0 Å². The van der Waals surface area contributed by atoms with Gasteiger partial charge in [0.25, 0.3) is 0 Å². The summed E-state index contributed by atoms with van der Waals surface area (Å²) >= 11 is 8.52. The summed E-state index contributed by atoms with van der Waals surface area (Å²) in [6, 6.07) is 15.2. The third-order valence-corrected chi connectivity index (χ3v) is 3.86. The second-order valence-corrected chi connectivity index (χ2v) is 6.34. The van der Waals surface area contributed by atoms with Crippen molar-refractivity contribution in [3.63, 3.8) is 0 Å². The Bertz CT molecular complexity index is 862. The van der Waals surface area contributed by atoms with E-state index in [9.17, 15) is 4.79 Å². The second kappa shape index (κ2) is 7.41. The summed E-state index contributed by atoms with van der Waals surface area (Å²) in [5, 5.41) is 3.27. The summed E-state index contributed by atoms with van der Waals surface area (Å²) in [7, 11) is 0. The first-order chi connectivity index (χ1) is 11.6. The molecule has 1 amide bonds. The number of rotatable bonds is 3. The van der Waals surface area contributed by atoms with Crippen molar-refractivity contribution in [3.05, 3.63) is 58.8 Å². The van der Waals surface area contributed by atoms with Crippen LogP contribution in [0.2, 0.25) is 0 Å². The maximum Gasteiger partial charge on any atom is 0.245 e. The van der Waals surface area contributed by atoms with E-state index in [4.69, 9.17) is 12.2 Å². The van der Waals surface area contributed by atoms with E-state index in [0.29, 0.717) is 10.9 Å². The lowest BCUT2D eigenvalue weighted by atomic mass is 10.3. The number of H-pyrrole nitrogens is 1. The number of aromatic amines is 1. The maximum absolute atomic E-state index is 12.0. The number of amides is 1. The van der Waals surface area contributed by atoms with Gasteiger partial charge in [0.15, 0.2) is 5.11 Å². The molecular formula is C16H14BrN5OS. The van der Waals surface area contributed by atoms with Crippen molar-refractivity contribution in [2.24, 2.45) is 0 Å². The molecule has 0 bridgehead atoms. The quantitative estimate of drug-likeness (QED) is 0.399. The lowest BCUT2D eigenvalue weighted by Crippen LogP contribution is -2.44. The molecule has 0 saturated heterocycles. The van der Waals surface area contributed by atoms with E-state index in [2.05, 4.69) is 42.1 Å². The van der Waals surface area contributed by atoms with Gasteiger partial charge >= 0.3 is 0 Å². The average Bonchev–Trinajstić information content (AvgIpc) is 2.95. The average molecular weight is 404 g/mol. The Labute approximate surface area is 152 Å². The topological polar surface area (TPSA) is 81.8 Å². The number of para-hydroxylation sites is 2. The largest absolute Gasteiger partial charge is 0.342 e. The van der Waals surface area contributed by atoms with Crippen molar-refractivity contribution < 1.29 is 4.79 Å². The van der Waals surface area contributed by atoms with Gasteiger partial charge in [-0.1, -0.05) is 34.1 Å². The van der Waals surface area contributed by atoms with Crippen LogP contribution in [0.3, 0.4) is 0 Å². The number of benzene rings is 2. The summed E-state index contributed by atoms with van der Waals surface area (Å²) in [6.07, 6.45) is 0.126. The van der Waals surface area contributed by atoms with Crippen molar-refractivity contribution >= 4 is 55.9 Å². The number of aromatic nitrogens is 2. The number of carbonyl (C=O) groups excluding carboxylic acids is 1. The molecule has 0 radical (unpaired) electrons. The molecule has 3 aromatic rings. The zero-order chi connectivity index (χ0) is 16.9. The van der Waals surface area contributed by atoms with E-state index in [-0.39, 0.29) is 12.3 Å². The molecule has 0 atom stereocenters. The highest BCUT2D eigenvalue weighted by Crippen LogP contribution is 2.15. The molecular weight excluding hydrogens is 390 g/mol. The number of hydrogen-bond donors (Lipinski definition) is 4. The fraction of sp³-hybridized carbons (Fsp3) is 0.0625. The Kier molecular flexibility index (Phi) is 5.07. The second-order valence-electron chi connectivity index (χ2n) is 5.02. The fourth-order valence-electron chi connectivity index (χ4n) is 2.14. The molecule has 24 heavy (non-hydrogen) atoms. The molecule has 2 aromatic carbocycles. The van der Waals surface area contributed by atoms with Crippen LogP contribution in [-0.4, -0.2) is 21.0 Å². The lowest BCUT2D eigenvalue weighted by molar-refractivity contribution is -0.121. The summed E-state index contributed by atoms with van der Waals surface area (Å²) in [5.74, 6) is 0.355. The molecule has 0 aliphatic rings. The van der Waals surface area contributed by atoms with Gasteiger partial charge in [0, 0.05) is 10.2 Å². The standard InChI is InChI=1S/C16H14BrN5OS/c17-10-4-3-5-11(8-10)18-16(24)22-21-15(23)9-14-19-12-6-1-2-7-13(12)20-14/h1-8H,9H2,(H,19,20)(H,21,23)(H2,18,22,24). The van der Waals surface area contributed by atoms with E-state index in [0.717, 1.165) is 21.2 Å². The van der Waals surface area contributed by atoms with E-state index < -0.39 is 0 Å². The number of hydrogen-bond acceptors (Lipinski definition) is 3. The van der Waals surface area contributed by atoms with Crippen LogP contribution in [0.5, 0.6) is 0 Å². The molecule has 8 heteroatoms. The first-order valence-electron chi connectivity index (χ1n) is 7.15. The normalized spacial score (nSPS) is 10.4. The van der Waals surface area contributed by atoms with Gasteiger partial charge in [-0.05, 0) is 42.5 Å². The first-order valence-corrected chi connectivity index (χ1v) is 8.35. The molecule has 0 spiro atoms. The van der Waals surface area contributed by atoms with E-state index in [1.165, 1.54) is 0 Å². The van der Waals surface area contributed by atoms with Crippen LogP contribution in [-0.2, 0) is 11.2 Å². The van der Waals surface area contributed by atoms with Gasteiger partial charge in [-0.2, -0.15) is 0 Å². The van der Waals surface area contributed by atoms with Crippen molar-refractivity contribution in [2.45, 2.75) is 6.42 Å². The minimum absolute atomic E-state index is 0.126. The third-order valence-electron chi connectivity index (χ3n) is 3.16. The van der Waals surface area contributed by atoms with Gasteiger partial charge in [-0.15, -0.1) is 0 Å². The number of halogens is 1. The van der Waals surface area contributed by atoms with Gasteiger partial charge in [-0.25, -0.2) is 4.98 Å². The minimum Gasteiger partial charge on any atom is -0.342 e. The highest BCUT2D eigenvalue weighted by molar-refractivity contribution is 9.10. The zero-order valence-corrected chi connectivity index (χ0v) is 14.9. The summed E-state index contributed by atoms with van der Waals surface area (Å²) in [4.78, 5) is 19.4. The van der Waals surface area contributed by atoms with Crippen LogP contribution >= 0.6 is 28.1 Å². The molecule has 122 valence electrons. The number of imidazole rings is 1. The zero-order valence-electron chi connectivity index (χ0n) is 12.5. The Balaban J connectivity index is 1.50. The molecule has 0 fully saturated rings. The predicted octanol–water partition coefficient (Wildman–Crippen LogP) is 2.89. The molecule has 3 rings (SSSR count). The predicted molar refractivity (Wildman–Crippen MR) is 101 cm³/mol. The van der Waals surface area contributed by atoms with Gasteiger partial charge in [0.2, 0.25) is 5.91 Å². The number of fused-ring (bicyclic) bond motifs is 1. The van der Waals surface area contributed by atoms with Crippen LogP contribution in [0.4, 0.5) is 5.69 Å². The van der Waals surface area contributed by atoms with Crippen LogP contribution < -0.4 is 16.2 Å². The van der Waals surface area contributed by atoms with Crippen molar-refractivity contribution in [3.8, 4) is 0 Å². The summed E-state index contributed by atoms with van der Waals surface area (Å²) in [6.45, 7) is 0. The van der Waals surface area contributed by atoms with Gasteiger partial charge in [-0.3, -0.25) is 15.6 Å². The number of nitrogens with one attached hydrogen (secondary N) is 4. The summed E-state index contributed by atoms with van der Waals surface area (Å²) in [5.41, 5.74) is 7.76. The summed E-state index contributed by atoms with van der Waals surface area (Å²) < 4.78 is 0.934. The van der Waals surface area contributed by atoms with E-state index in [1.54, 1.807) is 0 Å². The van der Waals surface area contributed by atoms with Crippen LogP contribution in [0, 0.1) is 0 Å². The molecule has 1 aromatic heterocycles. The Morgan fingerprint density at radius 3 is 2.79 bits per heavy atom. The number of carbonyl (C=O) groups is 1. The van der Waals surface area contributed by atoms with E-state index in [1.807, 2.05) is 48.5 Å². The molecule has 0 aliphatic carbocycles. The number of anilines is 1. The number of thiocarbonyl (C=S) groups is 1. The third kappa shape index (κ3) is 4.30. The number of hydrazine groups is 1. The lowest BCUT2D eigenvalue weighted by Gasteiger charge is -2.11. The first kappa shape index (κ1) is 16.4. The Morgan fingerprint density at radius 1 is 1.17 bits per heavy atom. The van der Waals surface area contributed by atoms with Gasteiger partial charge in [0.1, 0.15) is 5.82 Å². The van der Waals surface area contributed by atoms with Gasteiger partial charge in [0.05, 0.1) is 17.5 Å². The molecule has 0 aliphatic heterocycles. The monoisotopic (exact) mass is 403 g/mol. The van der Waals surface area contributed by atoms with E-state index >= 15 is 0 Å². The van der Waals surface area contributed by atoms with Crippen molar-refractivity contribution in [2.75, 3.05) is 5.32 Å². The highest BCUT2D eigenvalue weighted by Gasteiger charge is 2.08. The van der Waals surface area contributed by atoms with Crippen molar-refractivity contribution in [1.29, 1.82) is 0 Å². The molecule has 0 saturated carbocycles. The molecule has 0 unspecified atom stereocenters. The molecule has 1 heterocycles. The van der Waals surface area contributed by atoms with Crippen molar-refractivity contribution in [1.82, 2.24) is 20.8 Å².